The van der Waals surface area contributed by atoms with Crippen LogP contribution in [0.4, 0.5) is 0 Å². The molecule has 1 aromatic rings. The van der Waals surface area contributed by atoms with Crippen molar-refractivity contribution in [3.05, 3.63) is 27.5 Å². The van der Waals surface area contributed by atoms with E-state index in [-0.39, 0.29) is 29.5 Å². The molecular formula is C14H16BrClN2O3. The van der Waals surface area contributed by atoms with Crippen LogP contribution in [0.1, 0.15) is 36.0 Å². The van der Waals surface area contributed by atoms with Gasteiger partial charge in [-0.2, -0.15) is 0 Å². The van der Waals surface area contributed by atoms with E-state index in [1.165, 1.54) is 7.11 Å². The van der Waals surface area contributed by atoms with Crippen molar-refractivity contribution in [1.82, 2.24) is 9.88 Å². The van der Waals surface area contributed by atoms with Crippen molar-refractivity contribution >= 4 is 39.4 Å². The Morgan fingerprint density at radius 1 is 1.52 bits per heavy atom. The van der Waals surface area contributed by atoms with Crippen molar-refractivity contribution < 1.29 is 14.3 Å². The zero-order valence-electron chi connectivity index (χ0n) is 11.6. The molecule has 1 aliphatic rings. The van der Waals surface area contributed by atoms with Crippen molar-refractivity contribution in [3.8, 4) is 0 Å². The Balaban J connectivity index is 2.22. The third-order valence-corrected chi connectivity index (χ3v) is 4.29. The summed E-state index contributed by atoms with van der Waals surface area (Å²) < 4.78 is 5.40. The highest BCUT2D eigenvalue weighted by molar-refractivity contribution is 9.10. The van der Waals surface area contributed by atoms with Gasteiger partial charge in [-0.05, 0) is 41.3 Å². The molecule has 5 nitrogen and oxygen atoms in total. The van der Waals surface area contributed by atoms with Gasteiger partial charge in [-0.3, -0.25) is 9.59 Å². The third kappa shape index (κ3) is 3.95. The number of halogens is 2. The van der Waals surface area contributed by atoms with Gasteiger partial charge in [-0.25, -0.2) is 4.98 Å². The highest BCUT2D eigenvalue weighted by atomic mass is 79.9. The summed E-state index contributed by atoms with van der Waals surface area (Å²) in [5, 5.41) is 0.172. The lowest BCUT2D eigenvalue weighted by atomic mass is 9.98. The van der Waals surface area contributed by atoms with E-state index in [1.807, 2.05) is 0 Å². The van der Waals surface area contributed by atoms with E-state index in [4.69, 9.17) is 16.3 Å². The number of carbonyl (C=O) groups excluding carboxylic acids is 2. The maximum absolute atomic E-state index is 12.7. The Morgan fingerprint density at radius 2 is 2.29 bits per heavy atom. The number of hydrogen-bond donors (Lipinski definition) is 0. The second kappa shape index (κ2) is 7.22. The highest BCUT2D eigenvalue weighted by Gasteiger charge is 2.30. The van der Waals surface area contributed by atoms with Gasteiger partial charge in [-0.1, -0.05) is 11.6 Å². The number of aromatic nitrogens is 1. The van der Waals surface area contributed by atoms with Crippen LogP contribution < -0.4 is 0 Å². The van der Waals surface area contributed by atoms with E-state index in [0.717, 1.165) is 19.3 Å². The summed E-state index contributed by atoms with van der Waals surface area (Å²) in [5.74, 6) is -0.499. The minimum Gasteiger partial charge on any atom is -0.469 e. The number of rotatable bonds is 3. The molecule has 1 fully saturated rings. The molecule has 0 saturated carbocycles. The second-order valence-corrected chi connectivity index (χ2v) is 6.19. The van der Waals surface area contributed by atoms with Gasteiger partial charge in [0.05, 0.1) is 19.1 Å². The maximum atomic E-state index is 12.7. The van der Waals surface area contributed by atoms with E-state index >= 15 is 0 Å². The summed E-state index contributed by atoms with van der Waals surface area (Å²) in [4.78, 5) is 29.9. The van der Waals surface area contributed by atoms with Gasteiger partial charge in [0.15, 0.2) is 0 Å². The summed E-state index contributed by atoms with van der Waals surface area (Å²) in [7, 11) is 1.35. The zero-order valence-corrected chi connectivity index (χ0v) is 14.0. The van der Waals surface area contributed by atoms with Crippen molar-refractivity contribution in [3.63, 3.8) is 0 Å². The Bertz CT molecular complexity index is 553. The highest BCUT2D eigenvalue weighted by Crippen LogP contribution is 2.25. The first kappa shape index (κ1) is 16.2. The number of hydrogen-bond acceptors (Lipinski definition) is 4. The monoisotopic (exact) mass is 374 g/mol. The molecule has 0 spiro atoms. The van der Waals surface area contributed by atoms with Gasteiger partial charge in [0, 0.05) is 23.3 Å². The van der Waals surface area contributed by atoms with Gasteiger partial charge in [0.25, 0.3) is 5.91 Å². The molecule has 7 heteroatoms. The Labute approximate surface area is 136 Å². The number of nitrogens with zero attached hydrogens (tertiary/aromatic N) is 2. The lowest BCUT2D eigenvalue weighted by Crippen LogP contribution is -2.45. The predicted octanol–water partition coefficient (Wildman–Crippen LogP) is 3.06. The molecule has 0 radical (unpaired) electrons. The van der Waals surface area contributed by atoms with Crippen molar-refractivity contribution in [2.45, 2.75) is 31.7 Å². The van der Waals surface area contributed by atoms with Crippen LogP contribution in [0.25, 0.3) is 0 Å². The molecule has 114 valence electrons. The summed E-state index contributed by atoms with van der Waals surface area (Å²) >= 11 is 9.31. The first-order valence-corrected chi connectivity index (χ1v) is 7.89. The molecule has 0 N–H and O–H groups in total. The molecular weight excluding hydrogens is 360 g/mol. The number of esters is 1. The van der Waals surface area contributed by atoms with Crippen molar-refractivity contribution in [2.24, 2.45) is 0 Å². The molecule has 0 bridgehead atoms. The summed E-state index contributed by atoms with van der Waals surface area (Å²) in [6.07, 6.45) is 4.46. The van der Waals surface area contributed by atoms with Crippen molar-refractivity contribution in [1.29, 1.82) is 0 Å². The molecule has 1 atom stereocenters. The van der Waals surface area contributed by atoms with Gasteiger partial charge in [-0.15, -0.1) is 0 Å². The molecule has 2 rings (SSSR count). The van der Waals surface area contributed by atoms with E-state index in [0.29, 0.717) is 16.6 Å². The average molecular weight is 376 g/mol. The standard InChI is InChI=1S/C14H16BrClN2O3/c1-21-12(19)7-10-4-2-3-5-18(10)14(20)11-6-9(15)8-17-13(11)16/h6,8,10H,2-5,7H2,1H3. The van der Waals surface area contributed by atoms with Crippen LogP contribution in [0.15, 0.2) is 16.7 Å². The largest absolute Gasteiger partial charge is 0.469 e. The Kier molecular flexibility index (Phi) is 5.58. The van der Waals surface area contributed by atoms with E-state index in [1.54, 1.807) is 17.2 Å². The van der Waals surface area contributed by atoms with Gasteiger partial charge in [0.2, 0.25) is 0 Å². The van der Waals surface area contributed by atoms with Gasteiger partial charge in [0.1, 0.15) is 5.15 Å². The molecule has 0 aromatic carbocycles. The zero-order chi connectivity index (χ0) is 15.4. The molecule has 1 amide bonds. The molecule has 1 aliphatic heterocycles. The number of pyridine rings is 1. The number of piperidine rings is 1. The molecule has 21 heavy (non-hydrogen) atoms. The van der Waals surface area contributed by atoms with Gasteiger partial charge < -0.3 is 9.64 Å². The van der Waals surface area contributed by atoms with Crippen LogP contribution in [0.2, 0.25) is 5.15 Å². The van der Waals surface area contributed by atoms with Crippen LogP contribution in [0.3, 0.4) is 0 Å². The summed E-state index contributed by atoms with van der Waals surface area (Å²) in [6.45, 7) is 0.614. The second-order valence-electron chi connectivity index (χ2n) is 4.92. The summed E-state index contributed by atoms with van der Waals surface area (Å²) in [5.41, 5.74) is 0.350. The third-order valence-electron chi connectivity index (χ3n) is 3.55. The number of likely N-dealkylation sites (tertiary alicyclic amines) is 1. The van der Waals surface area contributed by atoms with Crippen LogP contribution >= 0.6 is 27.5 Å². The van der Waals surface area contributed by atoms with Crippen LogP contribution in [0.5, 0.6) is 0 Å². The minimum atomic E-state index is -0.307. The molecule has 0 aliphatic carbocycles. The minimum absolute atomic E-state index is 0.145. The number of methoxy groups -OCH3 is 1. The number of carbonyl (C=O) groups is 2. The lowest BCUT2D eigenvalue weighted by molar-refractivity contribution is -0.142. The van der Waals surface area contributed by atoms with Crippen LogP contribution in [-0.2, 0) is 9.53 Å². The number of amides is 1. The number of ether oxygens (including phenoxy) is 1. The topological polar surface area (TPSA) is 59.5 Å². The molecule has 1 aromatic heterocycles. The fourth-order valence-corrected chi connectivity index (χ4v) is 3.00. The average Bonchev–Trinajstić information content (AvgIpc) is 2.49. The Hall–Kier alpha value is -1.14. The van der Waals surface area contributed by atoms with E-state index < -0.39 is 0 Å². The lowest BCUT2D eigenvalue weighted by Gasteiger charge is -2.35. The smallest absolute Gasteiger partial charge is 0.307 e. The van der Waals surface area contributed by atoms with Crippen LogP contribution in [0, 0.1) is 0 Å². The quantitative estimate of drug-likeness (QED) is 0.602. The SMILES string of the molecule is COC(=O)CC1CCCCN1C(=O)c1cc(Br)cnc1Cl. The fourth-order valence-electron chi connectivity index (χ4n) is 2.48. The summed E-state index contributed by atoms with van der Waals surface area (Å²) in [6, 6.07) is 1.51. The van der Waals surface area contributed by atoms with Gasteiger partial charge >= 0.3 is 5.97 Å². The first-order valence-electron chi connectivity index (χ1n) is 6.71. The molecule has 1 saturated heterocycles. The predicted molar refractivity (Wildman–Crippen MR) is 82.3 cm³/mol. The van der Waals surface area contributed by atoms with Crippen molar-refractivity contribution in [2.75, 3.05) is 13.7 Å². The first-order chi connectivity index (χ1) is 10.0. The normalized spacial score (nSPS) is 18.4. The molecule has 1 unspecified atom stereocenters. The molecule has 2 heterocycles. The van der Waals surface area contributed by atoms with Crippen LogP contribution in [-0.4, -0.2) is 41.5 Å². The Morgan fingerprint density at radius 3 is 3.00 bits per heavy atom. The maximum Gasteiger partial charge on any atom is 0.307 e. The van der Waals surface area contributed by atoms with E-state index in [2.05, 4.69) is 20.9 Å². The fraction of sp³-hybridized carbons (Fsp3) is 0.500. The van der Waals surface area contributed by atoms with E-state index in [9.17, 15) is 9.59 Å².